The molecule has 0 atom stereocenters. The van der Waals surface area contributed by atoms with Gasteiger partial charge in [-0.1, -0.05) is 6.07 Å². The van der Waals surface area contributed by atoms with E-state index in [1.807, 2.05) is 4.90 Å². The van der Waals surface area contributed by atoms with Gasteiger partial charge >= 0.3 is 6.61 Å². The van der Waals surface area contributed by atoms with Crippen LogP contribution in [0.15, 0.2) is 30.3 Å². The van der Waals surface area contributed by atoms with Crippen molar-refractivity contribution in [3.63, 3.8) is 0 Å². The number of carbonyl (C=O) groups is 1. The lowest BCUT2D eigenvalue weighted by atomic mass is 10.1. The van der Waals surface area contributed by atoms with Gasteiger partial charge in [0.2, 0.25) is 11.7 Å². The van der Waals surface area contributed by atoms with E-state index in [1.165, 1.54) is 27.4 Å². The Kier molecular flexibility index (Phi) is 8.75. The van der Waals surface area contributed by atoms with Crippen LogP contribution in [0.5, 0.6) is 28.7 Å². The fourth-order valence-electron chi connectivity index (χ4n) is 3.64. The van der Waals surface area contributed by atoms with Gasteiger partial charge in [0.25, 0.3) is 0 Å². The Bertz CT molecular complexity index is 959. The summed E-state index contributed by atoms with van der Waals surface area (Å²) in [5, 5.41) is 2.88. The number of nitrogens with zero attached hydrogens (tertiary/aromatic N) is 1. The molecule has 0 aromatic heterocycles. The highest BCUT2D eigenvalue weighted by molar-refractivity contribution is 5.93. The summed E-state index contributed by atoms with van der Waals surface area (Å²) in [6.07, 6.45) is 1.98. The third kappa shape index (κ3) is 6.63. The van der Waals surface area contributed by atoms with Gasteiger partial charge in [0.15, 0.2) is 23.0 Å². The maximum atomic E-state index is 12.9. The second kappa shape index (κ2) is 11.7. The first-order chi connectivity index (χ1) is 16.4. The molecule has 1 saturated carbocycles. The van der Waals surface area contributed by atoms with Gasteiger partial charge in [0.1, 0.15) is 0 Å². The maximum Gasteiger partial charge on any atom is 0.387 e. The summed E-state index contributed by atoms with van der Waals surface area (Å²) in [6, 6.07) is 8.44. The Morgan fingerprint density at radius 2 is 1.71 bits per heavy atom. The Labute approximate surface area is 197 Å². The quantitative estimate of drug-likeness (QED) is 0.458. The number of nitrogens with one attached hydrogen (secondary N) is 1. The van der Waals surface area contributed by atoms with Gasteiger partial charge < -0.3 is 29.0 Å². The van der Waals surface area contributed by atoms with E-state index in [1.54, 1.807) is 31.2 Å². The molecule has 0 bridgehead atoms. The van der Waals surface area contributed by atoms with Crippen molar-refractivity contribution in [2.45, 2.75) is 39.0 Å². The van der Waals surface area contributed by atoms with Crippen LogP contribution < -0.4 is 29.0 Å². The third-order valence-corrected chi connectivity index (χ3v) is 5.27. The minimum atomic E-state index is -2.94. The van der Waals surface area contributed by atoms with E-state index in [9.17, 15) is 13.6 Å². The van der Waals surface area contributed by atoms with E-state index < -0.39 is 6.61 Å². The van der Waals surface area contributed by atoms with Crippen molar-refractivity contribution in [1.29, 1.82) is 0 Å². The first-order valence-electron chi connectivity index (χ1n) is 10.9. The molecule has 0 spiro atoms. The predicted molar refractivity (Wildman–Crippen MR) is 122 cm³/mol. The second-order valence-corrected chi connectivity index (χ2v) is 7.69. The number of anilines is 1. The first kappa shape index (κ1) is 25.4. The Balaban J connectivity index is 1.71. The zero-order valence-corrected chi connectivity index (χ0v) is 19.7. The van der Waals surface area contributed by atoms with Crippen molar-refractivity contribution < 1.29 is 37.3 Å². The lowest BCUT2D eigenvalue weighted by Crippen LogP contribution is -2.34. The fourth-order valence-corrected chi connectivity index (χ4v) is 3.64. The fraction of sp³-hybridized carbons (Fsp3) is 0.458. The molecule has 186 valence electrons. The highest BCUT2D eigenvalue weighted by atomic mass is 19.3. The monoisotopic (exact) mass is 480 g/mol. The van der Waals surface area contributed by atoms with Gasteiger partial charge in [0.05, 0.1) is 34.5 Å². The van der Waals surface area contributed by atoms with Crippen LogP contribution in [0, 0.1) is 0 Å². The van der Waals surface area contributed by atoms with E-state index in [0.29, 0.717) is 36.1 Å². The minimum absolute atomic E-state index is 0.0151. The normalized spacial score (nSPS) is 13.1. The number of carbonyl (C=O) groups excluding carboxylic acids is 1. The highest BCUT2D eigenvalue weighted by Gasteiger charge is 2.30. The molecule has 1 fully saturated rings. The molecule has 0 heterocycles. The summed E-state index contributed by atoms with van der Waals surface area (Å²) in [5.74, 6) is 1.34. The zero-order valence-electron chi connectivity index (χ0n) is 19.7. The molecule has 1 N–H and O–H groups in total. The number of alkyl halides is 2. The Hall–Kier alpha value is -3.27. The summed E-state index contributed by atoms with van der Waals surface area (Å²) in [6.45, 7) is -0.245. The maximum absolute atomic E-state index is 12.9. The first-order valence-corrected chi connectivity index (χ1v) is 10.9. The molecule has 8 nitrogen and oxygen atoms in total. The molecule has 0 saturated heterocycles. The van der Waals surface area contributed by atoms with Crippen LogP contribution in [0.2, 0.25) is 0 Å². The molecule has 1 amide bonds. The summed E-state index contributed by atoms with van der Waals surface area (Å²) in [7, 11) is 4.52. The van der Waals surface area contributed by atoms with Crippen molar-refractivity contribution >= 4 is 11.6 Å². The summed E-state index contributed by atoms with van der Waals surface area (Å²) >= 11 is 0. The molecular weight excluding hydrogens is 450 g/mol. The molecule has 3 rings (SSSR count). The summed E-state index contributed by atoms with van der Waals surface area (Å²) in [4.78, 5) is 14.9. The van der Waals surface area contributed by atoms with Gasteiger partial charge in [-0.2, -0.15) is 8.78 Å². The van der Waals surface area contributed by atoms with Crippen LogP contribution in [-0.4, -0.2) is 57.9 Å². The number of methoxy groups -OCH3 is 3. The number of amides is 1. The topological polar surface area (TPSA) is 78.5 Å². The molecule has 1 aliphatic carbocycles. The molecular formula is C24H30F2N2O6. The number of rotatable bonds is 13. The van der Waals surface area contributed by atoms with E-state index in [4.69, 9.17) is 18.9 Å². The third-order valence-electron chi connectivity index (χ3n) is 5.27. The van der Waals surface area contributed by atoms with E-state index in [0.717, 1.165) is 18.4 Å². The van der Waals surface area contributed by atoms with Gasteiger partial charge in [-0.25, -0.2) is 0 Å². The lowest BCUT2D eigenvalue weighted by molar-refractivity contribution is -0.117. The Morgan fingerprint density at radius 1 is 1.03 bits per heavy atom. The van der Waals surface area contributed by atoms with Crippen LogP contribution >= 0.6 is 0 Å². The number of hydrogen-bond donors (Lipinski definition) is 1. The van der Waals surface area contributed by atoms with Crippen LogP contribution in [0.3, 0.4) is 0 Å². The number of ether oxygens (including phenoxy) is 5. The van der Waals surface area contributed by atoms with Crippen molar-refractivity contribution in [3.05, 3.63) is 35.9 Å². The molecule has 10 heteroatoms. The standard InChI is InChI=1S/C24H30F2N2O6/c1-5-33-19-10-15(6-9-18(19)34-24(25)26)13-28(17-7-8-17)14-22(29)27-16-11-20(30-2)23(32-4)21(12-16)31-3/h6,9-12,17,24H,5,7-8,13-14H2,1-4H3,(H,27,29). The van der Waals surface area contributed by atoms with Crippen molar-refractivity contribution in [1.82, 2.24) is 4.90 Å². The summed E-state index contributed by atoms with van der Waals surface area (Å²) < 4.78 is 51.3. The second-order valence-electron chi connectivity index (χ2n) is 7.69. The molecule has 0 aliphatic heterocycles. The molecule has 34 heavy (non-hydrogen) atoms. The Morgan fingerprint density at radius 3 is 2.24 bits per heavy atom. The van der Waals surface area contributed by atoms with E-state index >= 15 is 0 Å². The van der Waals surface area contributed by atoms with Gasteiger partial charge in [0, 0.05) is 30.4 Å². The molecule has 1 aliphatic rings. The number of hydrogen-bond acceptors (Lipinski definition) is 7. The number of halogens is 2. The largest absolute Gasteiger partial charge is 0.493 e. The average Bonchev–Trinajstić information content (AvgIpc) is 3.65. The van der Waals surface area contributed by atoms with Crippen molar-refractivity contribution in [2.75, 3.05) is 39.8 Å². The minimum Gasteiger partial charge on any atom is -0.493 e. The molecule has 2 aromatic rings. The van der Waals surface area contributed by atoms with Crippen LogP contribution in [0.1, 0.15) is 25.3 Å². The average molecular weight is 481 g/mol. The molecule has 2 aromatic carbocycles. The number of benzene rings is 2. The smallest absolute Gasteiger partial charge is 0.387 e. The summed E-state index contributed by atoms with van der Waals surface area (Å²) in [5.41, 5.74) is 1.35. The van der Waals surface area contributed by atoms with Gasteiger partial charge in [-0.05, 0) is 37.5 Å². The SMILES string of the molecule is CCOc1cc(CN(CC(=O)Nc2cc(OC)c(OC)c(OC)c2)C2CC2)ccc1OC(F)F. The predicted octanol–water partition coefficient (Wildman–Crippen LogP) is 4.32. The highest BCUT2D eigenvalue weighted by Crippen LogP contribution is 2.40. The van der Waals surface area contributed by atoms with Crippen LogP contribution in [-0.2, 0) is 11.3 Å². The molecule has 0 unspecified atom stereocenters. The van der Waals surface area contributed by atoms with Crippen LogP contribution in [0.25, 0.3) is 0 Å². The lowest BCUT2D eigenvalue weighted by Gasteiger charge is -2.22. The van der Waals surface area contributed by atoms with E-state index in [2.05, 4.69) is 10.1 Å². The van der Waals surface area contributed by atoms with E-state index in [-0.39, 0.29) is 30.0 Å². The van der Waals surface area contributed by atoms with Crippen molar-refractivity contribution in [2.24, 2.45) is 0 Å². The van der Waals surface area contributed by atoms with Gasteiger partial charge in [-0.15, -0.1) is 0 Å². The van der Waals surface area contributed by atoms with Crippen molar-refractivity contribution in [3.8, 4) is 28.7 Å². The van der Waals surface area contributed by atoms with Gasteiger partial charge in [-0.3, -0.25) is 9.69 Å². The zero-order chi connectivity index (χ0) is 24.7. The molecule has 0 radical (unpaired) electrons. The van der Waals surface area contributed by atoms with Crippen LogP contribution in [0.4, 0.5) is 14.5 Å².